The van der Waals surface area contributed by atoms with Crippen LogP contribution in [0.3, 0.4) is 0 Å². The van der Waals surface area contributed by atoms with Crippen LogP contribution in [0.5, 0.6) is 11.5 Å². The zero-order valence-electron chi connectivity index (χ0n) is 9.49. The number of carboxylic acid groups (broad SMARTS) is 1. The fourth-order valence-corrected chi connectivity index (χ4v) is 1.28. The third kappa shape index (κ3) is 3.11. The molecule has 1 amide bonds. The summed E-state index contributed by atoms with van der Waals surface area (Å²) in [5.41, 5.74) is -0.0304. The molecule has 98 valence electrons. The molecule has 0 fully saturated rings. The van der Waals surface area contributed by atoms with Crippen molar-refractivity contribution in [3.63, 3.8) is 0 Å². The van der Waals surface area contributed by atoms with Crippen LogP contribution in [0.2, 0.25) is 0 Å². The van der Waals surface area contributed by atoms with Crippen molar-refractivity contribution >= 4 is 11.9 Å². The average Bonchev–Trinajstić information content (AvgIpc) is 2.28. The number of aromatic hydroxyl groups is 2. The number of phenolic OH excluding ortho intramolecular Hbond substituents is 2. The number of aliphatic carboxylic acids is 1. The average molecular weight is 255 g/mol. The fraction of sp³-hybridized carbons (Fsp3) is 0.273. The van der Waals surface area contributed by atoms with Gasteiger partial charge in [-0.3, -0.25) is 4.79 Å². The number of aliphatic hydroxyl groups is 1. The molecular weight excluding hydrogens is 242 g/mol. The lowest BCUT2D eigenvalue weighted by molar-refractivity contribution is -0.141. The second-order valence-corrected chi connectivity index (χ2v) is 3.73. The summed E-state index contributed by atoms with van der Waals surface area (Å²) in [6.07, 6.45) is -1.27. The second-order valence-electron chi connectivity index (χ2n) is 3.73. The molecule has 1 rings (SSSR count). The van der Waals surface area contributed by atoms with E-state index in [1.165, 1.54) is 13.0 Å². The molecule has 7 heteroatoms. The van der Waals surface area contributed by atoms with Crippen molar-refractivity contribution in [3.05, 3.63) is 23.8 Å². The Labute approximate surface area is 102 Å². The molecule has 0 unspecified atom stereocenters. The van der Waals surface area contributed by atoms with Gasteiger partial charge in [0.1, 0.15) is 0 Å². The lowest BCUT2D eigenvalue weighted by atomic mass is 10.1. The SMILES string of the molecule is C[C@@H](O)[C@H](NC(=O)c1ccc(O)c(O)c1)C(=O)O. The van der Waals surface area contributed by atoms with Crippen LogP contribution in [0.1, 0.15) is 17.3 Å². The monoisotopic (exact) mass is 255 g/mol. The molecule has 0 bridgehead atoms. The summed E-state index contributed by atoms with van der Waals surface area (Å²) in [4.78, 5) is 22.4. The van der Waals surface area contributed by atoms with E-state index in [1.54, 1.807) is 0 Å². The highest BCUT2D eigenvalue weighted by Crippen LogP contribution is 2.24. The minimum atomic E-state index is -1.45. The van der Waals surface area contributed by atoms with E-state index in [2.05, 4.69) is 5.32 Å². The number of hydrogen-bond acceptors (Lipinski definition) is 5. The van der Waals surface area contributed by atoms with E-state index < -0.39 is 35.5 Å². The van der Waals surface area contributed by atoms with Gasteiger partial charge in [0.25, 0.3) is 5.91 Å². The Morgan fingerprint density at radius 1 is 1.22 bits per heavy atom. The van der Waals surface area contributed by atoms with Gasteiger partial charge in [0, 0.05) is 5.56 Å². The summed E-state index contributed by atoms with van der Waals surface area (Å²) in [6, 6.07) is 1.85. The van der Waals surface area contributed by atoms with E-state index in [-0.39, 0.29) is 5.56 Å². The number of benzene rings is 1. The summed E-state index contributed by atoms with van der Waals surface area (Å²) < 4.78 is 0. The van der Waals surface area contributed by atoms with E-state index in [0.29, 0.717) is 0 Å². The topological polar surface area (TPSA) is 127 Å². The molecule has 1 aromatic carbocycles. The molecule has 0 heterocycles. The lowest BCUT2D eigenvalue weighted by Crippen LogP contribution is -2.47. The number of rotatable bonds is 4. The van der Waals surface area contributed by atoms with Crippen LogP contribution < -0.4 is 5.32 Å². The molecule has 0 aliphatic carbocycles. The van der Waals surface area contributed by atoms with E-state index in [4.69, 9.17) is 10.2 Å². The Hall–Kier alpha value is -2.28. The smallest absolute Gasteiger partial charge is 0.328 e. The summed E-state index contributed by atoms with van der Waals surface area (Å²) in [5, 5.41) is 38.3. The minimum absolute atomic E-state index is 0.0304. The largest absolute Gasteiger partial charge is 0.504 e. The van der Waals surface area contributed by atoms with Crippen molar-refractivity contribution in [2.75, 3.05) is 0 Å². The van der Waals surface area contributed by atoms with Crippen LogP contribution in [-0.4, -0.2) is 44.4 Å². The van der Waals surface area contributed by atoms with Crippen molar-refractivity contribution in [3.8, 4) is 11.5 Å². The Bertz CT molecular complexity index is 471. The second kappa shape index (κ2) is 5.37. The number of aliphatic hydroxyl groups excluding tert-OH is 1. The molecule has 0 spiro atoms. The number of carbonyl (C=O) groups excluding carboxylic acids is 1. The van der Waals surface area contributed by atoms with E-state index >= 15 is 0 Å². The normalized spacial score (nSPS) is 13.7. The summed E-state index contributed by atoms with van der Waals surface area (Å²) >= 11 is 0. The third-order valence-electron chi connectivity index (χ3n) is 2.27. The van der Waals surface area contributed by atoms with Gasteiger partial charge >= 0.3 is 5.97 Å². The molecule has 1 aromatic rings. The first-order valence-electron chi connectivity index (χ1n) is 5.06. The van der Waals surface area contributed by atoms with Gasteiger partial charge in [0.05, 0.1) is 6.10 Å². The van der Waals surface area contributed by atoms with Gasteiger partial charge in [0.2, 0.25) is 0 Å². The van der Waals surface area contributed by atoms with E-state index in [0.717, 1.165) is 12.1 Å². The number of carboxylic acids is 1. The van der Waals surface area contributed by atoms with Crippen LogP contribution in [-0.2, 0) is 4.79 Å². The van der Waals surface area contributed by atoms with Gasteiger partial charge < -0.3 is 25.7 Å². The Balaban J connectivity index is 2.87. The number of carbonyl (C=O) groups is 2. The maximum Gasteiger partial charge on any atom is 0.328 e. The lowest BCUT2D eigenvalue weighted by Gasteiger charge is -2.17. The summed E-state index contributed by atoms with van der Waals surface area (Å²) in [7, 11) is 0. The summed E-state index contributed by atoms with van der Waals surface area (Å²) in [5.74, 6) is -3.04. The third-order valence-corrected chi connectivity index (χ3v) is 2.27. The highest BCUT2D eigenvalue weighted by molar-refractivity contribution is 5.97. The van der Waals surface area contributed by atoms with Crippen LogP contribution in [0.4, 0.5) is 0 Å². The molecule has 0 saturated carbocycles. The Morgan fingerprint density at radius 2 is 1.83 bits per heavy atom. The predicted molar refractivity (Wildman–Crippen MR) is 60.3 cm³/mol. The number of nitrogens with one attached hydrogen (secondary N) is 1. The molecule has 0 radical (unpaired) electrons. The number of hydrogen-bond donors (Lipinski definition) is 5. The van der Waals surface area contributed by atoms with Crippen molar-refractivity contribution in [1.82, 2.24) is 5.32 Å². The molecule has 0 aromatic heterocycles. The first kappa shape index (κ1) is 13.8. The highest BCUT2D eigenvalue weighted by Gasteiger charge is 2.25. The maximum atomic E-state index is 11.6. The minimum Gasteiger partial charge on any atom is -0.504 e. The molecule has 18 heavy (non-hydrogen) atoms. The van der Waals surface area contributed by atoms with Gasteiger partial charge in [-0.2, -0.15) is 0 Å². The quantitative estimate of drug-likeness (QED) is 0.468. The highest BCUT2D eigenvalue weighted by atomic mass is 16.4. The van der Waals surface area contributed by atoms with E-state index in [9.17, 15) is 19.8 Å². The van der Waals surface area contributed by atoms with Crippen molar-refractivity contribution < 1.29 is 30.0 Å². The van der Waals surface area contributed by atoms with Crippen molar-refractivity contribution in [2.24, 2.45) is 0 Å². The molecular formula is C11H13NO6. The molecule has 5 N–H and O–H groups in total. The van der Waals surface area contributed by atoms with Crippen LogP contribution in [0.25, 0.3) is 0 Å². The standard InChI is InChI=1S/C11H13NO6/c1-5(13)9(11(17)18)12-10(16)6-2-3-7(14)8(15)4-6/h2-5,9,13-15H,1H3,(H,12,16)(H,17,18)/t5-,9+/m1/s1. The Morgan fingerprint density at radius 3 is 2.28 bits per heavy atom. The first-order chi connectivity index (χ1) is 8.32. The van der Waals surface area contributed by atoms with Crippen LogP contribution >= 0.6 is 0 Å². The number of amides is 1. The van der Waals surface area contributed by atoms with Gasteiger partial charge in [-0.05, 0) is 25.1 Å². The molecule has 0 aliphatic heterocycles. The molecule has 0 aliphatic rings. The van der Waals surface area contributed by atoms with E-state index in [1.807, 2.05) is 0 Å². The zero-order valence-corrected chi connectivity index (χ0v) is 9.49. The molecule has 0 saturated heterocycles. The van der Waals surface area contributed by atoms with Crippen LogP contribution in [0, 0.1) is 0 Å². The van der Waals surface area contributed by atoms with Crippen LogP contribution in [0.15, 0.2) is 18.2 Å². The Kier molecular flexibility index (Phi) is 4.11. The summed E-state index contributed by atoms with van der Waals surface area (Å²) in [6.45, 7) is 1.23. The molecule has 2 atom stereocenters. The van der Waals surface area contributed by atoms with Gasteiger partial charge in [-0.15, -0.1) is 0 Å². The number of phenols is 2. The zero-order chi connectivity index (χ0) is 13.9. The van der Waals surface area contributed by atoms with Crippen molar-refractivity contribution in [1.29, 1.82) is 0 Å². The fourth-order valence-electron chi connectivity index (χ4n) is 1.28. The molecule has 7 nitrogen and oxygen atoms in total. The predicted octanol–water partition coefficient (Wildman–Crippen LogP) is -0.338. The van der Waals surface area contributed by atoms with Gasteiger partial charge in [-0.1, -0.05) is 0 Å². The van der Waals surface area contributed by atoms with Gasteiger partial charge in [0.15, 0.2) is 17.5 Å². The van der Waals surface area contributed by atoms with Crippen molar-refractivity contribution in [2.45, 2.75) is 19.1 Å². The maximum absolute atomic E-state index is 11.6. The first-order valence-corrected chi connectivity index (χ1v) is 5.06. The van der Waals surface area contributed by atoms with Gasteiger partial charge in [-0.25, -0.2) is 4.79 Å².